The van der Waals surface area contributed by atoms with Crippen molar-refractivity contribution in [3.05, 3.63) is 11.6 Å². The van der Waals surface area contributed by atoms with Gasteiger partial charge in [0.15, 0.2) is 5.79 Å². The van der Waals surface area contributed by atoms with Crippen LogP contribution in [0.3, 0.4) is 0 Å². The Morgan fingerprint density at radius 2 is 1.91 bits per heavy atom. The van der Waals surface area contributed by atoms with Crippen molar-refractivity contribution in [3.63, 3.8) is 0 Å². The highest BCUT2D eigenvalue weighted by atomic mass is 79.9. The molecule has 124 valence electrons. The van der Waals surface area contributed by atoms with Crippen molar-refractivity contribution in [2.45, 2.75) is 75.8 Å². The minimum Gasteiger partial charge on any atom is -0.364 e. The van der Waals surface area contributed by atoms with E-state index in [1.54, 1.807) is 5.57 Å². The Morgan fingerprint density at radius 1 is 1.14 bits per heavy atom. The van der Waals surface area contributed by atoms with Crippen molar-refractivity contribution in [2.75, 3.05) is 0 Å². The molecule has 3 saturated carbocycles. The normalized spacial score (nSPS) is 53.2. The first-order valence-corrected chi connectivity index (χ1v) is 10.0. The zero-order chi connectivity index (χ0) is 15.8. The molecule has 4 aliphatic carbocycles. The fourth-order valence-corrected chi connectivity index (χ4v) is 7.58. The number of rotatable bonds is 0. The van der Waals surface area contributed by atoms with Gasteiger partial charge in [-0.05, 0) is 68.1 Å². The lowest BCUT2D eigenvalue weighted by atomic mass is 9.48. The topological polar surface area (TPSA) is 40.5 Å². The molecule has 0 spiro atoms. The molecule has 1 unspecified atom stereocenters. The SMILES string of the molecule is C[C@]12CCCCC1=CC[C@@H]1[C@H]2CC[C@@]2(C)[C@H]1CC(Br)C2(O)O. The summed E-state index contributed by atoms with van der Waals surface area (Å²) in [5, 5.41) is 21.4. The van der Waals surface area contributed by atoms with Crippen LogP contribution in [0.2, 0.25) is 0 Å². The van der Waals surface area contributed by atoms with Crippen LogP contribution in [-0.4, -0.2) is 20.8 Å². The second-order valence-corrected chi connectivity index (χ2v) is 9.96. The molecule has 0 saturated heterocycles. The molecular formula is C19H29BrO2. The fourth-order valence-electron chi connectivity index (χ4n) is 6.65. The standard InChI is InChI=1S/C19H29BrO2/c1-17-9-4-3-5-12(17)6-7-13-14(17)8-10-18(2)15(13)11-16(20)19(18,21)22/h6,13-16,21-22H,3-5,7-11H2,1-2H3/t13-,14-,15+,16?,17+,18+/m1/s1. The Morgan fingerprint density at radius 3 is 2.68 bits per heavy atom. The zero-order valence-electron chi connectivity index (χ0n) is 13.8. The van der Waals surface area contributed by atoms with Crippen LogP contribution in [0.5, 0.6) is 0 Å². The van der Waals surface area contributed by atoms with E-state index in [2.05, 4.69) is 35.9 Å². The van der Waals surface area contributed by atoms with Crippen LogP contribution in [-0.2, 0) is 0 Å². The lowest BCUT2D eigenvalue weighted by molar-refractivity contribution is -0.243. The van der Waals surface area contributed by atoms with Crippen molar-refractivity contribution in [2.24, 2.45) is 28.6 Å². The summed E-state index contributed by atoms with van der Waals surface area (Å²) in [7, 11) is 0. The molecule has 6 atom stereocenters. The average Bonchev–Trinajstić information content (AvgIpc) is 2.66. The van der Waals surface area contributed by atoms with Gasteiger partial charge < -0.3 is 10.2 Å². The zero-order valence-corrected chi connectivity index (χ0v) is 15.4. The molecule has 3 fully saturated rings. The molecule has 22 heavy (non-hydrogen) atoms. The van der Waals surface area contributed by atoms with E-state index in [1.807, 2.05) is 0 Å². The van der Waals surface area contributed by atoms with Crippen LogP contribution in [0.15, 0.2) is 11.6 Å². The summed E-state index contributed by atoms with van der Waals surface area (Å²) < 4.78 is 0. The van der Waals surface area contributed by atoms with Gasteiger partial charge in [-0.15, -0.1) is 0 Å². The van der Waals surface area contributed by atoms with Crippen molar-refractivity contribution >= 4 is 15.9 Å². The van der Waals surface area contributed by atoms with Gasteiger partial charge in [0.05, 0.1) is 4.83 Å². The molecule has 2 N–H and O–H groups in total. The number of halogens is 1. The van der Waals surface area contributed by atoms with Crippen molar-refractivity contribution < 1.29 is 10.2 Å². The molecule has 0 radical (unpaired) electrons. The summed E-state index contributed by atoms with van der Waals surface area (Å²) in [6, 6.07) is 0. The van der Waals surface area contributed by atoms with Gasteiger partial charge in [0, 0.05) is 5.41 Å². The van der Waals surface area contributed by atoms with Gasteiger partial charge in [-0.2, -0.15) is 0 Å². The van der Waals surface area contributed by atoms with E-state index < -0.39 is 5.79 Å². The van der Waals surface area contributed by atoms with E-state index >= 15 is 0 Å². The highest BCUT2D eigenvalue weighted by Gasteiger charge is 2.66. The number of hydrogen-bond donors (Lipinski definition) is 2. The molecule has 3 heteroatoms. The van der Waals surface area contributed by atoms with E-state index in [9.17, 15) is 10.2 Å². The number of fused-ring (bicyclic) bond motifs is 5. The lowest BCUT2D eigenvalue weighted by Crippen LogP contribution is -2.55. The average molecular weight is 369 g/mol. The summed E-state index contributed by atoms with van der Waals surface area (Å²) in [5.41, 5.74) is 1.76. The second-order valence-electron chi connectivity index (χ2n) is 8.85. The number of allylic oxidation sites excluding steroid dienone is 2. The first-order valence-electron chi connectivity index (χ1n) is 9.09. The Labute approximate surface area is 142 Å². The minimum atomic E-state index is -1.56. The molecule has 0 aliphatic heterocycles. The third-order valence-electron chi connectivity index (χ3n) is 8.15. The summed E-state index contributed by atoms with van der Waals surface area (Å²) in [4.78, 5) is -0.182. The van der Waals surface area contributed by atoms with Crippen molar-refractivity contribution in [1.82, 2.24) is 0 Å². The summed E-state index contributed by atoms with van der Waals surface area (Å²) >= 11 is 3.57. The Balaban J connectivity index is 1.72. The number of hydrogen-bond acceptors (Lipinski definition) is 2. The first-order chi connectivity index (χ1) is 10.3. The third kappa shape index (κ3) is 1.79. The monoisotopic (exact) mass is 368 g/mol. The Kier molecular flexibility index (Phi) is 3.44. The molecule has 0 bridgehead atoms. The fraction of sp³-hybridized carbons (Fsp3) is 0.895. The number of aliphatic hydroxyl groups is 2. The molecule has 0 aromatic carbocycles. The third-order valence-corrected chi connectivity index (χ3v) is 9.16. The molecule has 4 rings (SSSR count). The highest BCUT2D eigenvalue weighted by Crippen LogP contribution is 2.67. The molecule has 4 aliphatic rings. The minimum absolute atomic E-state index is 0.182. The van der Waals surface area contributed by atoms with Crippen LogP contribution in [0.4, 0.5) is 0 Å². The first kappa shape index (κ1) is 15.7. The van der Waals surface area contributed by atoms with Gasteiger partial charge in [0.25, 0.3) is 0 Å². The summed E-state index contributed by atoms with van der Waals surface area (Å²) in [6.45, 7) is 4.63. The van der Waals surface area contributed by atoms with Crippen LogP contribution >= 0.6 is 15.9 Å². The molecule has 0 amide bonds. The lowest BCUT2D eigenvalue weighted by Gasteiger charge is -2.57. The van der Waals surface area contributed by atoms with Crippen molar-refractivity contribution in [3.8, 4) is 0 Å². The highest BCUT2D eigenvalue weighted by molar-refractivity contribution is 9.09. The predicted molar refractivity (Wildman–Crippen MR) is 91.6 cm³/mol. The molecule has 2 nitrogen and oxygen atoms in total. The van der Waals surface area contributed by atoms with Gasteiger partial charge in [0.2, 0.25) is 0 Å². The van der Waals surface area contributed by atoms with Crippen LogP contribution in [0.25, 0.3) is 0 Å². The largest absolute Gasteiger partial charge is 0.364 e. The maximum Gasteiger partial charge on any atom is 0.181 e. The van der Waals surface area contributed by atoms with Gasteiger partial charge in [-0.1, -0.05) is 47.8 Å². The Bertz CT molecular complexity index is 514. The summed E-state index contributed by atoms with van der Waals surface area (Å²) in [6.07, 6.45) is 12.1. The predicted octanol–water partition coefficient (Wildman–Crippen LogP) is 4.39. The van der Waals surface area contributed by atoms with E-state index in [1.165, 1.54) is 25.7 Å². The smallest absolute Gasteiger partial charge is 0.181 e. The second kappa shape index (κ2) is 4.83. The van der Waals surface area contributed by atoms with Gasteiger partial charge in [-0.25, -0.2) is 0 Å². The van der Waals surface area contributed by atoms with Gasteiger partial charge in [-0.3, -0.25) is 0 Å². The summed E-state index contributed by atoms with van der Waals surface area (Å²) in [5.74, 6) is 0.258. The van der Waals surface area contributed by atoms with Gasteiger partial charge >= 0.3 is 0 Å². The number of alkyl halides is 1. The molecule has 0 aromatic heterocycles. The molecular weight excluding hydrogens is 340 g/mol. The molecule has 0 aromatic rings. The van der Waals surface area contributed by atoms with E-state index in [0.29, 0.717) is 17.3 Å². The van der Waals surface area contributed by atoms with E-state index in [-0.39, 0.29) is 10.2 Å². The van der Waals surface area contributed by atoms with Crippen molar-refractivity contribution in [1.29, 1.82) is 0 Å². The quantitative estimate of drug-likeness (QED) is 0.378. The van der Waals surface area contributed by atoms with Gasteiger partial charge in [0.1, 0.15) is 0 Å². The Hall–Kier alpha value is 0.140. The van der Waals surface area contributed by atoms with E-state index in [4.69, 9.17) is 0 Å². The van der Waals surface area contributed by atoms with Crippen LogP contribution in [0, 0.1) is 28.6 Å². The van der Waals surface area contributed by atoms with E-state index in [0.717, 1.165) is 31.6 Å². The maximum absolute atomic E-state index is 10.7. The molecule has 0 heterocycles. The van der Waals surface area contributed by atoms with Crippen LogP contribution < -0.4 is 0 Å². The van der Waals surface area contributed by atoms with Crippen LogP contribution in [0.1, 0.15) is 65.2 Å². The maximum atomic E-state index is 10.7.